The molecule has 0 amide bonds. The Morgan fingerprint density at radius 2 is 1.39 bits per heavy atom. The Morgan fingerprint density at radius 3 is 1.74 bits per heavy atom. The minimum absolute atomic E-state index is 0.00947. The first kappa shape index (κ1) is 16.4. The molecule has 23 heavy (non-hydrogen) atoms. The zero-order chi connectivity index (χ0) is 16.5. The van der Waals surface area contributed by atoms with Gasteiger partial charge in [-0.1, -0.05) is 81.4 Å². The van der Waals surface area contributed by atoms with Gasteiger partial charge in [-0.05, 0) is 21.8 Å². The van der Waals surface area contributed by atoms with Crippen molar-refractivity contribution in [3.63, 3.8) is 0 Å². The Hall–Kier alpha value is -1.42. The van der Waals surface area contributed by atoms with Crippen LogP contribution in [0.2, 0.25) is 5.04 Å². The number of aliphatic hydroxyl groups excluding tert-OH is 1. The molecule has 2 atom stereocenters. The van der Waals surface area contributed by atoms with E-state index in [1.54, 1.807) is 0 Å². The van der Waals surface area contributed by atoms with Gasteiger partial charge in [0.2, 0.25) is 0 Å². The van der Waals surface area contributed by atoms with Crippen molar-refractivity contribution < 1.29 is 9.53 Å². The normalized spacial score (nSPS) is 21.2. The molecule has 1 aliphatic carbocycles. The Labute approximate surface area is 140 Å². The van der Waals surface area contributed by atoms with Crippen molar-refractivity contribution in [2.24, 2.45) is 5.92 Å². The summed E-state index contributed by atoms with van der Waals surface area (Å²) < 4.78 is 6.74. The van der Waals surface area contributed by atoms with Crippen molar-refractivity contribution in [3.8, 4) is 0 Å². The molecular weight excluding hydrogens is 300 g/mol. The monoisotopic (exact) mass is 326 g/mol. The van der Waals surface area contributed by atoms with Crippen molar-refractivity contribution in [2.45, 2.75) is 38.3 Å². The standard InChI is InChI=1S/C20H26O2Si/c1-20(2,3)23(17-10-6-4-7-11-17,18-12-8-5-9-13-18)22-15-16-14-19(16)21/h4-13,16,19,21H,14-15H2,1-3H3. The van der Waals surface area contributed by atoms with E-state index in [0.29, 0.717) is 12.5 Å². The van der Waals surface area contributed by atoms with Crippen LogP contribution in [0.5, 0.6) is 0 Å². The van der Waals surface area contributed by atoms with E-state index in [-0.39, 0.29) is 11.1 Å². The molecule has 2 nitrogen and oxygen atoms in total. The van der Waals surface area contributed by atoms with E-state index in [2.05, 4.69) is 81.4 Å². The lowest BCUT2D eigenvalue weighted by molar-refractivity contribution is 0.215. The van der Waals surface area contributed by atoms with Crippen LogP contribution in [0.4, 0.5) is 0 Å². The molecule has 1 aliphatic rings. The molecule has 0 saturated heterocycles. The highest BCUT2D eigenvalue weighted by Gasteiger charge is 2.51. The molecule has 0 spiro atoms. The Morgan fingerprint density at radius 1 is 0.957 bits per heavy atom. The fourth-order valence-electron chi connectivity index (χ4n) is 3.40. The van der Waals surface area contributed by atoms with Crippen LogP contribution in [-0.4, -0.2) is 26.1 Å². The van der Waals surface area contributed by atoms with Gasteiger partial charge in [0.25, 0.3) is 8.32 Å². The van der Waals surface area contributed by atoms with Gasteiger partial charge in [0.15, 0.2) is 0 Å². The van der Waals surface area contributed by atoms with Crippen LogP contribution in [0.1, 0.15) is 27.2 Å². The van der Waals surface area contributed by atoms with Gasteiger partial charge in [-0.15, -0.1) is 0 Å². The molecule has 3 heteroatoms. The van der Waals surface area contributed by atoms with E-state index in [0.717, 1.165) is 6.42 Å². The van der Waals surface area contributed by atoms with Crippen LogP contribution in [-0.2, 0) is 4.43 Å². The third kappa shape index (κ3) is 3.14. The zero-order valence-electron chi connectivity index (χ0n) is 14.2. The molecule has 0 aromatic heterocycles. The summed E-state index contributed by atoms with van der Waals surface area (Å²) in [5.74, 6) is 0.302. The third-order valence-electron chi connectivity index (χ3n) is 4.82. The van der Waals surface area contributed by atoms with Crippen molar-refractivity contribution in [2.75, 3.05) is 6.61 Å². The van der Waals surface area contributed by atoms with Crippen LogP contribution in [0.3, 0.4) is 0 Å². The summed E-state index contributed by atoms with van der Waals surface area (Å²) >= 11 is 0. The summed E-state index contributed by atoms with van der Waals surface area (Å²) in [6, 6.07) is 21.3. The average molecular weight is 327 g/mol. The topological polar surface area (TPSA) is 29.5 Å². The van der Waals surface area contributed by atoms with Gasteiger partial charge in [0, 0.05) is 12.5 Å². The van der Waals surface area contributed by atoms with Crippen LogP contribution in [0.15, 0.2) is 60.7 Å². The molecule has 2 unspecified atom stereocenters. The molecule has 0 bridgehead atoms. The molecule has 122 valence electrons. The maximum absolute atomic E-state index is 9.70. The van der Waals surface area contributed by atoms with Crippen molar-refractivity contribution >= 4 is 18.7 Å². The maximum atomic E-state index is 9.70. The van der Waals surface area contributed by atoms with Gasteiger partial charge in [0.05, 0.1) is 6.10 Å². The average Bonchev–Trinajstić information content (AvgIpc) is 3.24. The summed E-state index contributed by atoms with van der Waals surface area (Å²) in [6.45, 7) is 7.49. The fourth-order valence-corrected chi connectivity index (χ4v) is 8.02. The number of hydrogen-bond acceptors (Lipinski definition) is 2. The lowest BCUT2D eigenvalue weighted by atomic mass is 10.2. The second-order valence-corrected chi connectivity index (χ2v) is 11.8. The van der Waals surface area contributed by atoms with Crippen LogP contribution < -0.4 is 10.4 Å². The SMILES string of the molecule is CC(C)(C)[Si](OCC1CC1O)(c1ccccc1)c1ccccc1. The Kier molecular flexibility index (Phi) is 4.45. The molecule has 1 N–H and O–H groups in total. The predicted molar refractivity (Wildman–Crippen MR) is 97.7 cm³/mol. The number of benzene rings is 2. The Bertz CT molecular complexity index is 594. The van der Waals surface area contributed by atoms with Crippen molar-refractivity contribution in [1.82, 2.24) is 0 Å². The lowest BCUT2D eigenvalue weighted by Crippen LogP contribution is -2.66. The fraction of sp³-hybridized carbons (Fsp3) is 0.400. The van der Waals surface area contributed by atoms with E-state index in [1.165, 1.54) is 10.4 Å². The molecule has 0 radical (unpaired) electrons. The van der Waals surface area contributed by atoms with Gasteiger partial charge >= 0.3 is 0 Å². The highest BCUT2D eigenvalue weighted by atomic mass is 28.4. The van der Waals surface area contributed by atoms with Crippen molar-refractivity contribution in [3.05, 3.63) is 60.7 Å². The minimum Gasteiger partial charge on any atom is -0.407 e. The zero-order valence-corrected chi connectivity index (χ0v) is 15.2. The molecular formula is C20H26O2Si. The minimum atomic E-state index is -2.41. The summed E-state index contributed by atoms with van der Waals surface area (Å²) in [6.07, 6.45) is 0.700. The second kappa shape index (κ2) is 6.23. The number of aliphatic hydroxyl groups is 1. The van der Waals surface area contributed by atoms with Crippen molar-refractivity contribution in [1.29, 1.82) is 0 Å². The molecule has 0 heterocycles. The third-order valence-corrected chi connectivity index (χ3v) is 9.82. The first-order valence-electron chi connectivity index (χ1n) is 8.38. The smallest absolute Gasteiger partial charge is 0.261 e. The summed E-state index contributed by atoms with van der Waals surface area (Å²) in [7, 11) is -2.41. The largest absolute Gasteiger partial charge is 0.407 e. The first-order chi connectivity index (χ1) is 10.9. The molecule has 0 aliphatic heterocycles. The molecule has 2 aromatic carbocycles. The predicted octanol–water partition coefficient (Wildman–Crippen LogP) is 2.94. The van der Waals surface area contributed by atoms with E-state index in [1.807, 2.05) is 0 Å². The van der Waals surface area contributed by atoms with Crippen LogP contribution in [0.25, 0.3) is 0 Å². The summed E-state index contributed by atoms with van der Waals surface area (Å²) in [4.78, 5) is 0. The van der Waals surface area contributed by atoms with Gasteiger partial charge in [-0.25, -0.2) is 0 Å². The maximum Gasteiger partial charge on any atom is 0.261 e. The summed E-state index contributed by atoms with van der Waals surface area (Å²) in [5, 5.41) is 12.3. The molecule has 3 rings (SSSR count). The summed E-state index contributed by atoms with van der Waals surface area (Å²) in [5.41, 5.74) is 0. The van der Waals surface area contributed by atoms with E-state index >= 15 is 0 Å². The van der Waals surface area contributed by atoms with Gasteiger partial charge < -0.3 is 9.53 Å². The van der Waals surface area contributed by atoms with Gasteiger partial charge in [0.1, 0.15) is 0 Å². The molecule has 2 aromatic rings. The van der Waals surface area contributed by atoms with E-state index in [4.69, 9.17) is 4.43 Å². The van der Waals surface area contributed by atoms with Gasteiger partial charge in [-0.3, -0.25) is 0 Å². The second-order valence-electron chi connectivity index (χ2n) is 7.54. The lowest BCUT2D eigenvalue weighted by Gasteiger charge is -2.43. The first-order valence-corrected chi connectivity index (χ1v) is 10.3. The Balaban J connectivity index is 2.09. The number of rotatable bonds is 5. The van der Waals surface area contributed by atoms with Crippen LogP contribution in [0, 0.1) is 5.92 Å². The molecule has 1 fully saturated rings. The highest BCUT2D eigenvalue weighted by molar-refractivity contribution is 6.99. The van der Waals surface area contributed by atoms with Gasteiger partial charge in [-0.2, -0.15) is 0 Å². The van der Waals surface area contributed by atoms with Crippen LogP contribution >= 0.6 is 0 Å². The van der Waals surface area contributed by atoms with E-state index < -0.39 is 8.32 Å². The molecule has 1 saturated carbocycles. The highest BCUT2D eigenvalue weighted by Crippen LogP contribution is 2.39. The number of hydrogen-bond donors (Lipinski definition) is 1. The quantitative estimate of drug-likeness (QED) is 0.856. The van der Waals surface area contributed by atoms with E-state index in [9.17, 15) is 5.11 Å².